The Hall–Kier alpha value is -1.85. The van der Waals surface area contributed by atoms with E-state index in [0.717, 1.165) is 37.0 Å². The fourth-order valence-corrected chi connectivity index (χ4v) is 6.98. The van der Waals surface area contributed by atoms with Gasteiger partial charge in [-0.25, -0.2) is 4.79 Å². The number of rotatable bonds is 17. The fourth-order valence-electron chi connectivity index (χ4n) is 6.98. The number of nitrogens with zero attached hydrogens (tertiary/aromatic N) is 1. The highest BCUT2D eigenvalue weighted by atomic mass is 16.5. The molecule has 0 spiro atoms. The molecule has 1 fully saturated rings. The van der Waals surface area contributed by atoms with Gasteiger partial charge in [-0.05, 0) is 74.8 Å². The third-order valence-corrected chi connectivity index (χ3v) is 9.09. The summed E-state index contributed by atoms with van der Waals surface area (Å²) in [4.78, 5) is 13.3. The minimum absolute atomic E-state index is 0.129. The standard InChI is InChI=1S/C35H56NO4/c1-7-9-11-13-15-17-23-34(5)25-30-31(26-33(3,4)27-35(30,6)36(34)38)40-32(37)28-19-21-29(22-20-28)39-24-18-16-14-12-10-8-2/h19-22H,7-18,23-27H2,1-6H3. The van der Waals surface area contributed by atoms with Crippen molar-refractivity contribution >= 4 is 5.97 Å². The second kappa shape index (κ2) is 14.9. The van der Waals surface area contributed by atoms with Crippen LogP contribution < -0.4 is 4.74 Å². The van der Waals surface area contributed by atoms with Crippen LogP contribution in [0, 0.1) is 5.41 Å². The first kappa shape index (κ1) is 32.7. The predicted molar refractivity (Wildman–Crippen MR) is 163 cm³/mol. The number of unbranched alkanes of at least 4 members (excludes halogenated alkanes) is 10. The zero-order valence-electron chi connectivity index (χ0n) is 26.4. The molecule has 3 rings (SSSR count). The summed E-state index contributed by atoms with van der Waals surface area (Å²) >= 11 is 0. The van der Waals surface area contributed by atoms with E-state index in [0.29, 0.717) is 30.8 Å². The van der Waals surface area contributed by atoms with Crippen LogP contribution in [0.5, 0.6) is 5.75 Å². The molecule has 40 heavy (non-hydrogen) atoms. The molecule has 1 radical (unpaired) electrons. The van der Waals surface area contributed by atoms with Gasteiger partial charge in [0.1, 0.15) is 11.5 Å². The third kappa shape index (κ3) is 8.58. The van der Waals surface area contributed by atoms with Crippen molar-refractivity contribution in [2.75, 3.05) is 6.61 Å². The predicted octanol–water partition coefficient (Wildman–Crippen LogP) is 9.98. The number of fused-ring (bicyclic) bond motifs is 1. The number of benzene rings is 1. The summed E-state index contributed by atoms with van der Waals surface area (Å²) in [6.07, 6.45) is 17.6. The number of carbonyl (C=O) groups is 1. The summed E-state index contributed by atoms with van der Waals surface area (Å²) in [7, 11) is 0. The van der Waals surface area contributed by atoms with E-state index >= 15 is 0 Å². The fraction of sp³-hybridized carbons (Fsp3) is 0.743. The Morgan fingerprint density at radius 3 is 2.00 bits per heavy atom. The maximum absolute atomic E-state index is 13.9. The maximum Gasteiger partial charge on any atom is 0.343 e. The SMILES string of the molecule is CCCCCCCCOc1ccc(C(=O)OC2=C3CC(C)(CCCCCCCC)N([O])C3(C)CC(C)(C)C2)cc1. The zero-order chi connectivity index (χ0) is 29.2. The zero-order valence-corrected chi connectivity index (χ0v) is 26.4. The van der Waals surface area contributed by atoms with E-state index in [1.807, 2.05) is 12.1 Å². The maximum atomic E-state index is 13.9. The summed E-state index contributed by atoms with van der Waals surface area (Å²) in [5.41, 5.74) is 0.320. The van der Waals surface area contributed by atoms with Crippen LogP contribution in [0.4, 0.5) is 0 Å². The molecule has 2 atom stereocenters. The first-order valence-electron chi connectivity index (χ1n) is 16.2. The van der Waals surface area contributed by atoms with E-state index in [4.69, 9.17) is 9.47 Å². The van der Waals surface area contributed by atoms with Crippen LogP contribution in [0.15, 0.2) is 35.6 Å². The molecule has 225 valence electrons. The minimum Gasteiger partial charge on any atom is -0.494 e. The summed E-state index contributed by atoms with van der Waals surface area (Å²) in [5.74, 6) is 1.13. The number of allylic oxidation sites excluding steroid dienone is 1. The molecule has 0 amide bonds. The molecule has 1 saturated heterocycles. The van der Waals surface area contributed by atoms with Crippen LogP contribution in [0.25, 0.3) is 0 Å². The Morgan fingerprint density at radius 2 is 1.38 bits per heavy atom. The van der Waals surface area contributed by atoms with E-state index in [1.165, 1.54) is 69.3 Å². The van der Waals surface area contributed by atoms with Gasteiger partial charge in [-0.15, -0.1) is 10.3 Å². The van der Waals surface area contributed by atoms with E-state index in [-0.39, 0.29) is 11.4 Å². The second-order valence-corrected chi connectivity index (χ2v) is 13.7. The lowest BCUT2D eigenvalue weighted by Crippen LogP contribution is -2.51. The van der Waals surface area contributed by atoms with Gasteiger partial charge in [0.15, 0.2) is 0 Å². The minimum atomic E-state index is -0.636. The highest BCUT2D eigenvalue weighted by Gasteiger charge is 2.59. The lowest BCUT2D eigenvalue weighted by molar-refractivity contribution is -0.257. The molecule has 1 heterocycles. The lowest BCUT2D eigenvalue weighted by atomic mass is 9.68. The van der Waals surface area contributed by atoms with Gasteiger partial charge in [-0.3, -0.25) is 0 Å². The molecule has 2 aliphatic rings. The number of ether oxygens (including phenoxy) is 2. The van der Waals surface area contributed by atoms with Gasteiger partial charge in [-0.2, -0.15) is 0 Å². The molecule has 1 aromatic rings. The Labute approximate surface area is 244 Å². The smallest absolute Gasteiger partial charge is 0.343 e. The van der Waals surface area contributed by atoms with E-state index in [1.54, 1.807) is 12.1 Å². The second-order valence-electron chi connectivity index (χ2n) is 13.7. The number of hydrogen-bond acceptors (Lipinski definition) is 4. The molecular formula is C35H56NO4. The van der Waals surface area contributed by atoms with Gasteiger partial charge in [0.25, 0.3) is 0 Å². The Morgan fingerprint density at radius 1 is 0.800 bits per heavy atom. The van der Waals surface area contributed by atoms with Gasteiger partial charge < -0.3 is 9.47 Å². The molecule has 5 nitrogen and oxygen atoms in total. The topological polar surface area (TPSA) is 58.7 Å². The molecule has 2 unspecified atom stereocenters. The van der Waals surface area contributed by atoms with Crippen LogP contribution >= 0.6 is 0 Å². The van der Waals surface area contributed by atoms with Gasteiger partial charge in [0.05, 0.1) is 23.2 Å². The molecule has 0 N–H and O–H groups in total. The summed E-state index contributed by atoms with van der Waals surface area (Å²) < 4.78 is 12.0. The Bertz CT molecular complexity index is 968. The van der Waals surface area contributed by atoms with Gasteiger partial charge in [0.2, 0.25) is 0 Å². The highest BCUT2D eigenvalue weighted by molar-refractivity contribution is 5.90. The van der Waals surface area contributed by atoms with Crippen molar-refractivity contribution in [3.8, 4) is 5.75 Å². The number of carbonyl (C=O) groups excluding carboxylic acids is 1. The van der Waals surface area contributed by atoms with Crippen LogP contribution in [0.1, 0.15) is 155 Å². The van der Waals surface area contributed by atoms with E-state index in [2.05, 4.69) is 41.5 Å². The average molecular weight is 555 g/mol. The van der Waals surface area contributed by atoms with Crippen molar-refractivity contribution in [2.45, 2.75) is 155 Å². The summed E-state index contributed by atoms with van der Waals surface area (Å²) in [5, 5.41) is 15.2. The number of hydroxylamine groups is 2. The van der Waals surface area contributed by atoms with E-state index < -0.39 is 11.1 Å². The number of esters is 1. The lowest BCUT2D eigenvalue weighted by Gasteiger charge is -2.44. The summed E-state index contributed by atoms with van der Waals surface area (Å²) in [6.45, 7) is 13.7. The van der Waals surface area contributed by atoms with Crippen LogP contribution in [-0.2, 0) is 9.94 Å². The van der Waals surface area contributed by atoms with Crippen molar-refractivity contribution in [3.63, 3.8) is 0 Å². The van der Waals surface area contributed by atoms with Gasteiger partial charge >= 0.3 is 5.97 Å². The van der Waals surface area contributed by atoms with Crippen LogP contribution in [0.3, 0.4) is 0 Å². The van der Waals surface area contributed by atoms with Crippen molar-refractivity contribution in [2.24, 2.45) is 5.41 Å². The molecule has 1 aliphatic carbocycles. The number of hydrogen-bond donors (Lipinski definition) is 0. The molecular weight excluding hydrogens is 498 g/mol. The molecule has 0 bridgehead atoms. The quantitative estimate of drug-likeness (QED) is 0.142. The summed E-state index contributed by atoms with van der Waals surface area (Å²) in [6, 6.07) is 7.28. The molecule has 1 aromatic carbocycles. The van der Waals surface area contributed by atoms with Gasteiger partial charge in [0, 0.05) is 6.42 Å². The van der Waals surface area contributed by atoms with Crippen LogP contribution in [-0.4, -0.2) is 28.7 Å². The Kier molecular flexibility index (Phi) is 12.1. The molecule has 0 aromatic heterocycles. The van der Waals surface area contributed by atoms with Crippen molar-refractivity contribution in [1.82, 2.24) is 5.06 Å². The Balaban J connectivity index is 1.63. The largest absolute Gasteiger partial charge is 0.494 e. The average Bonchev–Trinajstić information content (AvgIpc) is 3.11. The van der Waals surface area contributed by atoms with E-state index in [9.17, 15) is 10.0 Å². The molecule has 1 aliphatic heterocycles. The monoisotopic (exact) mass is 554 g/mol. The molecule has 0 saturated carbocycles. The van der Waals surface area contributed by atoms with Crippen molar-refractivity contribution in [3.05, 3.63) is 41.2 Å². The first-order valence-corrected chi connectivity index (χ1v) is 16.2. The van der Waals surface area contributed by atoms with Crippen LogP contribution in [0.2, 0.25) is 0 Å². The van der Waals surface area contributed by atoms with Gasteiger partial charge in [-0.1, -0.05) is 98.3 Å². The van der Waals surface area contributed by atoms with Crippen molar-refractivity contribution in [1.29, 1.82) is 0 Å². The normalized spacial score (nSPS) is 24.3. The first-order chi connectivity index (χ1) is 19.0. The highest BCUT2D eigenvalue weighted by Crippen LogP contribution is 2.56. The molecule has 5 heteroatoms. The van der Waals surface area contributed by atoms with Crippen molar-refractivity contribution < 1.29 is 19.5 Å². The third-order valence-electron chi connectivity index (χ3n) is 9.09.